The summed E-state index contributed by atoms with van der Waals surface area (Å²) in [5, 5.41) is 0. The van der Waals surface area contributed by atoms with Crippen LogP contribution in [0.15, 0.2) is 54.6 Å². The molecule has 0 aliphatic carbocycles. The van der Waals surface area contributed by atoms with Crippen molar-refractivity contribution in [2.24, 2.45) is 5.92 Å². The predicted octanol–water partition coefficient (Wildman–Crippen LogP) is 3.59. The minimum Gasteiger partial charge on any atom is -0.493 e. The van der Waals surface area contributed by atoms with E-state index >= 15 is 0 Å². The van der Waals surface area contributed by atoms with Gasteiger partial charge in [0.1, 0.15) is 0 Å². The van der Waals surface area contributed by atoms with Gasteiger partial charge in [0.15, 0.2) is 11.5 Å². The molecule has 0 N–H and O–H groups in total. The number of hydrogen-bond donors (Lipinski definition) is 0. The molecule has 0 radical (unpaired) electrons. The molecule has 7 nitrogen and oxygen atoms in total. The van der Waals surface area contributed by atoms with Crippen LogP contribution in [-0.2, 0) is 16.0 Å². The van der Waals surface area contributed by atoms with Gasteiger partial charge in [0.2, 0.25) is 11.8 Å². The van der Waals surface area contributed by atoms with Crippen molar-refractivity contribution in [1.29, 1.82) is 0 Å². The zero-order chi connectivity index (χ0) is 26.1. The zero-order valence-corrected chi connectivity index (χ0v) is 22.1. The topological polar surface area (TPSA) is 62.3 Å². The summed E-state index contributed by atoms with van der Waals surface area (Å²) >= 11 is 0. The number of benzene rings is 2. The first-order valence-corrected chi connectivity index (χ1v) is 12.5. The highest BCUT2D eigenvalue weighted by atomic mass is 16.5. The van der Waals surface area contributed by atoms with E-state index < -0.39 is 0 Å². The van der Waals surface area contributed by atoms with Crippen molar-refractivity contribution in [3.05, 3.63) is 65.7 Å². The van der Waals surface area contributed by atoms with Crippen molar-refractivity contribution < 1.29 is 19.1 Å². The summed E-state index contributed by atoms with van der Waals surface area (Å²) in [6.45, 7) is 1.75. The van der Waals surface area contributed by atoms with Crippen LogP contribution >= 0.6 is 0 Å². The second-order valence-electron chi connectivity index (χ2n) is 9.61. The first-order valence-electron chi connectivity index (χ1n) is 12.5. The van der Waals surface area contributed by atoms with E-state index in [1.807, 2.05) is 78.3 Å². The van der Waals surface area contributed by atoms with E-state index in [4.69, 9.17) is 9.47 Å². The Labute approximate surface area is 215 Å². The molecule has 1 aliphatic rings. The Kier molecular flexibility index (Phi) is 9.94. The number of likely N-dealkylation sites (N-methyl/N-ethyl adjacent to an activating group) is 2. The van der Waals surface area contributed by atoms with Crippen LogP contribution in [0, 0.1) is 5.92 Å². The zero-order valence-electron chi connectivity index (χ0n) is 22.1. The van der Waals surface area contributed by atoms with E-state index in [2.05, 4.69) is 12.1 Å². The van der Waals surface area contributed by atoms with Crippen molar-refractivity contribution in [3.8, 4) is 11.5 Å². The standard InChI is InChI=1S/C29H39N3O4/c1-30(2)21-29(34)31(3)25(19-22-9-7-6-8-10-22)24-15-17-32(18-16-24)28(33)14-12-23-11-13-26(35-4)27(20-23)36-5/h6-14,20,24-25H,15-19,21H2,1-5H3/b14-12+/t25-/m1/s1. The average molecular weight is 494 g/mol. The van der Waals surface area contributed by atoms with Gasteiger partial charge < -0.3 is 24.2 Å². The molecule has 2 amide bonds. The Balaban J connectivity index is 1.64. The van der Waals surface area contributed by atoms with Crippen LogP contribution in [-0.4, -0.2) is 87.6 Å². The Hall–Kier alpha value is -3.32. The van der Waals surface area contributed by atoms with Gasteiger partial charge >= 0.3 is 0 Å². The molecule has 194 valence electrons. The minimum atomic E-state index is -0.000108. The third kappa shape index (κ3) is 7.34. The van der Waals surface area contributed by atoms with Crippen molar-refractivity contribution in [1.82, 2.24) is 14.7 Å². The van der Waals surface area contributed by atoms with Crippen molar-refractivity contribution in [3.63, 3.8) is 0 Å². The molecule has 3 rings (SSSR count). The fourth-order valence-corrected chi connectivity index (χ4v) is 4.78. The van der Waals surface area contributed by atoms with Crippen LogP contribution in [0.2, 0.25) is 0 Å². The Morgan fingerprint density at radius 3 is 2.28 bits per heavy atom. The highest BCUT2D eigenvalue weighted by Gasteiger charge is 2.32. The van der Waals surface area contributed by atoms with Gasteiger partial charge in [-0.3, -0.25) is 9.59 Å². The molecule has 0 bridgehead atoms. The van der Waals surface area contributed by atoms with E-state index in [0.29, 0.717) is 37.1 Å². The molecule has 1 aliphatic heterocycles. The normalized spacial score (nSPS) is 15.2. The fourth-order valence-electron chi connectivity index (χ4n) is 4.78. The van der Waals surface area contributed by atoms with Gasteiger partial charge in [0, 0.05) is 32.3 Å². The highest BCUT2D eigenvalue weighted by molar-refractivity contribution is 5.92. The molecule has 0 aromatic heterocycles. The Morgan fingerprint density at radius 1 is 1.00 bits per heavy atom. The molecule has 1 heterocycles. The molecule has 1 saturated heterocycles. The van der Waals surface area contributed by atoms with E-state index in [1.165, 1.54) is 5.56 Å². The fraction of sp³-hybridized carbons (Fsp3) is 0.448. The lowest BCUT2D eigenvalue weighted by molar-refractivity contribution is -0.135. The molecule has 7 heteroatoms. The van der Waals surface area contributed by atoms with Crippen LogP contribution < -0.4 is 9.47 Å². The summed E-state index contributed by atoms with van der Waals surface area (Å²) in [6.07, 6.45) is 5.98. The molecule has 0 spiro atoms. The first-order chi connectivity index (χ1) is 17.3. The molecule has 1 atom stereocenters. The molecule has 36 heavy (non-hydrogen) atoms. The minimum absolute atomic E-state index is 0.000108. The number of methoxy groups -OCH3 is 2. The predicted molar refractivity (Wildman–Crippen MR) is 143 cm³/mol. The van der Waals surface area contributed by atoms with Crippen LogP contribution in [0.3, 0.4) is 0 Å². The lowest BCUT2D eigenvalue weighted by Crippen LogP contribution is -2.50. The smallest absolute Gasteiger partial charge is 0.246 e. The van der Waals surface area contributed by atoms with Gasteiger partial charge in [-0.1, -0.05) is 36.4 Å². The maximum absolute atomic E-state index is 12.9. The van der Waals surface area contributed by atoms with Crippen LogP contribution in [0.5, 0.6) is 11.5 Å². The lowest BCUT2D eigenvalue weighted by Gasteiger charge is -2.40. The maximum Gasteiger partial charge on any atom is 0.246 e. The number of nitrogens with zero attached hydrogens (tertiary/aromatic N) is 3. The Morgan fingerprint density at radius 2 is 1.67 bits per heavy atom. The number of rotatable bonds is 10. The van der Waals surface area contributed by atoms with Gasteiger partial charge in [0.25, 0.3) is 0 Å². The summed E-state index contributed by atoms with van der Waals surface area (Å²) in [5.41, 5.74) is 2.10. The molecule has 1 fully saturated rings. The molecular weight excluding hydrogens is 454 g/mol. The maximum atomic E-state index is 12.9. The second-order valence-corrected chi connectivity index (χ2v) is 9.61. The third-order valence-electron chi connectivity index (χ3n) is 6.85. The SMILES string of the molecule is COc1ccc(/C=C/C(=O)N2CCC([C@@H](Cc3ccccc3)N(C)C(=O)CN(C)C)CC2)cc1OC. The van der Waals surface area contributed by atoms with Crippen LogP contribution in [0.4, 0.5) is 0 Å². The van der Waals surface area contributed by atoms with Gasteiger partial charge in [-0.05, 0) is 68.6 Å². The molecule has 2 aromatic carbocycles. The van der Waals surface area contributed by atoms with Crippen molar-refractivity contribution >= 4 is 17.9 Å². The number of piperidine rings is 1. The number of carbonyl (C=O) groups is 2. The average Bonchev–Trinajstić information content (AvgIpc) is 2.90. The van der Waals surface area contributed by atoms with E-state index in [0.717, 1.165) is 24.8 Å². The van der Waals surface area contributed by atoms with Crippen molar-refractivity contribution in [2.45, 2.75) is 25.3 Å². The second kappa shape index (κ2) is 13.1. The molecule has 0 unspecified atom stereocenters. The summed E-state index contributed by atoms with van der Waals surface area (Å²) in [6, 6.07) is 16.0. The number of ether oxygens (including phenoxy) is 2. The largest absolute Gasteiger partial charge is 0.493 e. The number of likely N-dealkylation sites (tertiary alicyclic amines) is 1. The summed E-state index contributed by atoms with van der Waals surface area (Å²) in [4.78, 5) is 31.5. The van der Waals surface area contributed by atoms with Gasteiger partial charge in [-0.25, -0.2) is 0 Å². The number of carbonyl (C=O) groups excluding carboxylic acids is 2. The van der Waals surface area contributed by atoms with Gasteiger partial charge in [0.05, 0.1) is 20.8 Å². The van der Waals surface area contributed by atoms with E-state index in [1.54, 1.807) is 20.3 Å². The highest BCUT2D eigenvalue weighted by Crippen LogP contribution is 2.29. The lowest BCUT2D eigenvalue weighted by atomic mass is 9.85. The van der Waals surface area contributed by atoms with Crippen molar-refractivity contribution in [2.75, 3.05) is 55.0 Å². The monoisotopic (exact) mass is 493 g/mol. The van der Waals surface area contributed by atoms with E-state index in [-0.39, 0.29) is 17.9 Å². The summed E-state index contributed by atoms with van der Waals surface area (Å²) in [5.74, 6) is 1.74. The van der Waals surface area contributed by atoms with E-state index in [9.17, 15) is 9.59 Å². The van der Waals surface area contributed by atoms with Gasteiger partial charge in [-0.2, -0.15) is 0 Å². The molecule has 2 aromatic rings. The van der Waals surface area contributed by atoms with Crippen LogP contribution in [0.25, 0.3) is 6.08 Å². The quantitative estimate of drug-likeness (QED) is 0.474. The van der Waals surface area contributed by atoms with Crippen LogP contribution in [0.1, 0.15) is 24.0 Å². The first kappa shape index (κ1) is 27.3. The molecular formula is C29H39N3O4. The summed E-state index contributed by atoms with van der Waals surface area (Å²) < 4.78 is 10.6. The Bertz CT molecular complexity index is 1030. The van der Waals surface area contributed by atoms with Gasteiger partial charge in [-0.15, -0.1) is 0 Å². The number of amides is 2. The number of hydrogen-bond acceptors (Lipinski definition) is 5. The summed E-state index contributed by atoms with van der Waals surface area (Å²) in [7, 11) is 8.94. The third-order valence-corrected chi connectivity index (χ3v) is 6.85. The molecule has 0 saturated carbocycles.